The fraction of sp³-hybridized carbons (Fsp3) is 0.673. The number of likely N-dealkylation sites (N-methyl/N-ethyl adjacent to an activating group) is 1. The molecular weight excluding hydrogens is 782 g/mol. The highest BCUT2D eigenvalue weighted by molar-refractivity contribution is 7.47. The van der Waals surface area contributed by atoms with E-state index in [0.717, 1.165) is 103 Å². The average molecular weight is 873 g/mol. The Labute approximate surface area is 375 Å². The van der Waals surface area contributed by atoms with Gasteiger partial charge in [-0.25, -0.2) is 4.57 Å². The molecule has 9 heteroatoms. The van der Waals surface area contributed by atoms with Gasteiger partial charge in [0.25, 0.3) is 0 Å². The number of unbranched alkanes of at least 4 members (excludes halogenated alkanes) is 13. The molecule has 0 aromatic heterocycles. The standard InChI is InChI=1S/C52H90NO7P/c1-6-8-10-12-14-16-18-20-22-24-25-26-27-28-29-30-31-33-35-37-39-41-43-45-52(54)60-51(50-59-61(55,56)58-48-46-53(3,4)5)49-57-47-44-42-40-38-36-34-32-23-21-19-17-15-13-11-9-7-2/h8,10,14-17,20-23,25-26,28-29,31,33,51H,6-7,9,11-13,18-19,24,27,30,32,34-50H2,1-5H3/p+1/b10-8-,16-14-,17-15-,22-20-,23-21-,26-25-,29-28-,33-31-. The van der Waals surface area contributed by atoms with E-state index >= 15 is 0 Å². The molecule has 0 aliphatic heterocycles. The summed E-state index contributed by atoms with van der Waals surface area (Å²) in [5, 5.41) is 0. The highest BCUT2D eigenvalue weighted by Crippen LogP contribution is 2.43. The van der Waals surface area contributed by atoms with Gasteiger partial charge in [-0.1, -0.05) is 162 Å². The van der Waals surface area contributed by atoms with Gasteiger partial charge in [-0.15, -0.1) is 0 Å². The van der Waals surface area contributed by atoms with Crippen molar-refractivity contribution in [1.29, 1.82) is 0 Å². The highest BCUT2D eigenvalue weighted by atomic mass is 31.2. The first-order valence-corrected chi connectivity index (χ1v) is 25.5. The third-order valence-electron chi connectivity index (χ3n) is 9.63. The van der Waals surface area contributed by atoms with Gasteiger partial charge in [-0.3, -0.25) is 13.8 Å². The van der Waals surface area contributed by atoms with Gasteiger partial charge in [0.1, 0.15) is 19.3 Å². The lowest BCUT2D eigenvalue weighted by molar-refractivity contribution is -0.870. The zero-order chi connectivity index (χ0) is 44.8. The van der Waals surface area contributed by atoms with E-state index in [4.69, 9.17) is 18.5 Å². The lowest BCUT2D eigenvalue weighted by Gasteiger charge is -2.24. The Balaban J connectivity index is 4.29. The lowest BCUT2D eigenvalue weighted by Crippen LogP contribution is -2.37. The maximum Gasteiger partial charge on any atom is 0.472 e. The number of allylic oxidation sites excluding steroid dienone is 16. The SMILES string of the molecule is CC/C=C\C/C=C\C/C=C\C/C=C\C/C=C\C/C=C\CCCCCCC(=O)OC(COCCCCCCCC/C=C\C/C=C\CCCCC)COP(=O)(O)OCC[N+](C)(C)C. The molecule has 0 radical (unpaired) electrons. The molecule has 0 aliphatic rings. The predicted molar refractivity (Wildman–Crippen MR) is 261 cm³/mol. The van der Waals surface area contributed by atoms with E-state index in [2.05, 4.69) is 111 Å². The van der Waals surface area contributed by atoms with Crippen LogP contribution in [0.4, 0.5) is 0 Å². The molecule has 61 heavy (non-hydrogen) atoms. The largest absolute Gasteiger partial charge is 0.472 e. The Morgan fingerprint density at radius 3 is 1.43 bits per heavy atom. The predicted octanol–water partition coefficient (Wildman–Crippen LogP) is 14.6. The van der Waals surface area contributed by atoms with Crippen LogP contribution in [0.2, 0.25) is 0 Å². The summed E-state index contributed by atoms with van der Waals surface area (Å²) in [5.74, 6) is -0.346. The molecule has 0 spiro atoms. The number of carbonyl (C=O) groups is 1. The fourth-order valence-corrected chi connectivity index (χ4v) is 6.68. The van der Waals surface area contributed by atoms with Crippen LogP contribution in [0.1, 0.15) is 168 Å². The number of hydrogen-bond donors (Lipinski definition) is 1. The minimum absolute atomic E-state index is 0.0753. The van der Waals surface area contributed by atoms with E-state index in [0.29, 0.717) is 24.1 Å². The molecule has 0 bridgehead atoms. The highest BCUT2D eigenvalue weighted by Gasteiger charge is 2.26. The zero-order valence-corrected chi connectivity index (χ0v) is 40.5. The van der Waals surface area contributed by atoms with Crippen molar-refractivity contribution in [2.24, 2.45) is 0 Å². The van der Waals surface area contributed by atoms with Gasteiger partial charge in [-0.2, -0.15) is 0 Å². The van der Waals surface area contributed by atoms with Gasteiger partial charge in [0.05, 0.1) is 34.4 Å². The summed E-state index contributed by atoms with van der Waals surface area (Å²) < 4.78 is 35.0. The summed E-state index contributed by atoms with van der Waals surface area (Å²) in [4.78, 5) is 23.0. The van der Waals surface area contributed by atoms with Crippen LogP contribution in [0.3, 0.4) is 0 Å². The Kier molecular flexibility index (Phi) is 42.2. The number of quaternary nitrogens is 1. The van der Waals surface area contributed by atoms with Crippen molar-refractivity contribution in [2.45, 2.75) is 174 Å². The molecule has 0 aromatic rings. The summed E-state index contributed by atoms with van der Waals surface area (Å²) >= 11 is 0. The van der Waals surface area contributed by atoms with E-state index in [9.17, 15) is 14.3 Å². The first-order valence-electron chi connectivity index (χ1n) is 24.0. The fourth-order valence-electron chi connectivity index (χ4n) is 5.94. The van der Waals surface area contributed by atoms with Crippen LogP contribution in [-0.2, 0) is 27.9 Å². The van der Waals surface area contributed by atoms with Crippen molar-refractivity contribution in [2.75, 3.05) is 54.1 Å². The van der Waals surface area contributed by atoms with Gasteiger partial charge >= 0.3 is 13.8 Å². The van der Waals surface area contributed by atoms with Crippen LogP contribution in [0.5, 0.6) is 0 Å². The van der Waals surface area contributed by atoms with Crippen LogP contribution < -0.4 is 0 Å². The molecule has 8 nitrogen and oxygen atoms in total. The molecule has 0 heterocycles. The summed E-state index contributed by atoms with van der Waals surface area (Å²) in [6, 6.07) is 0. The number of rotatable bonds is 43. The molecule has 2 atom stereocenters. The van der Waals surface area contributed by atoms with E-state index in [1.165, 1.54) is 44.9 Å². The number of phosphoric acid groups is 1. The number of hydrogen-bond acceptors (Lipinski definition) is 6. The average Bonchev–Trinajstić information content (AvgIpc) is 3.22. The summed E-state index contributed by atoms with van der Waals surface area (Å²) in [7, 11) is 1.62. The zero-order valence-electron chi connectivity index (χ0n) is 39.6. The lowest BCUT2D eigenvalue weighted by atomic mass is 10.1. The molecule has 1 N–H and O–H groups in total. The van der Waals surface area contributed by atoms with Gasteiger partial charge in [0, 0.05) is 13.0 Å². The Morgan fingerprint density at radius 1 is 0.525 bits per heavy atom. The maximum absolute atomic E-state index is 12.7. The first-order chi connectivity index (χ1) is 29.6. The molecule has 0 fully saturated rings. The molecule has 0 saturated carbocycles. The first kappa shape index (κ1) is 58.4. The number of carbonyl (C=O) groups excluding carboxylic acids is 1. The summed E-state index contributed by atoms with van der Waals surface area (Å²) in [6.07, 6.45) is 60.1. The number of nitrogens with zero attached hydrogens (tertiary/aromatic N) is 1. The maximum atomic E-state index is 12.7. The van der Waals surface area contributed by atoms with E-state index in [1.54, 1.807) is 0 Å². The van der Waals surface area contributed by atoms with Gasteiger partial charge < -0.3 is 18.9 Å². The van der Waals surface area contributed by atoms with Crippen molar-refractivity contribution < 1.29 is 37.3 Å². The Hall–Kier alpha value is -2.58. The van der Waals surface area contributed by atoms with Gasteiger partial charge in [0.2, 0.25) is 0 Å². The molecule has 0 aliphatic carbocycles. The number of ether oxygens (including phenoxy) is 2. The molecule has 0 rings (SSSR count). The van der Waals surface area contributed by atoms with Crippen LogP contribution in [-0.4, -0.2) is 75.6 Å². The Morgan fingerprint density at radius 2 is 0.951 bits per heavy atom. The summed E-state index contributed by atoms with van der Waals surface area (Å²) in [5.41, 5.74) is 0. The van der Waals surface area contributed by atoms with Crippen molar-refractivity contribution in [3.05, 3.63) is 97.2 Å². The quantitative estimate of drug-likeness (QED) is 0.0214. The monoisotopic (exact) mass is 873 g/mol. The van der Waals surface area contributed by atoms with Crippen LogP contribution >= 0.6 is 7.82 Å². The molecular formula is C52H91NO7P+. The molecule has 0 saturated heterocycles. The van der Waals surface area contributed by atoms with Crippen molar-refractivity contribution >= 4 is 13.8 Å². The van der Waals surface area contributed by atoms with E-state index in [-0.39, 0.29) is 25.8 Å². The van der Waals surface area contributed by atoms with Gasteiger partial charge in [-0.05, 0) is 96.3 Å². The van der Waals surface area contributed by atoms with Crippen LogP contribution in [0.15, 0.2) is 97.2 Å². The van der Waals surface area contributed by atoms with Crippen LogP contribution in [0, 0.1) is 0 Å². The third kappa shape index (κ3) is 48.3. The van der Waals surface area contributed by atoms with Crippen molar-refractivity contribution in [1.82, 2.24) is 0 Å². The third-order valence-corrected chi connectivity index (χ3v) is 10.6. The molecule has 2 unspecified atom stereocenters. The van der Waals surface area contributed by atoms with Crippen molar-refractivity contribution in [3.8, 4) is 0 Å². The Bertz CT molecular complexity index is 1290. The van der Waals surface area contributed by atoms with Crippen LogP contribution in [0.25, 0.3) is 0 Å². The second kappa shape index (κ2) is 44.0. The topological polar surface area (TPSA) is 91.3 Å². The smallest absolute Gasteiger partial charge is 0.457 e. The van der Waals surface area contributed by atoms with Gasteiger partial charge in [0.15, 0.2) is 0 Å². The molecule has 0 amide bonds. The van der Waals surface area contributed by atoms with E-state index < -0.39 is 13.9 Å². The minimum Gasteiger partial charge on any atom is -0.457 e. The molecule has 0 aromatic carbocycles. The second-order valence-electron chi connectivity index (χ2n) is 16.8. The summed E-state index contributed by atoms with van der Waals surface area (Å²) in [6.45, 7) is 5.40. The number of esters is 1. The number of phosphoric ester groups is 1. The second-order valence-corrected chi connectivity index (χ2v) is 18.2. The minimum atomic E-state index is -4.30. The normalized spacial score (nSPS) is 14.5. The van der Waals surface area contributed by atoms with Crippen molar-refractivity contribution in [3.63, 3.8) is 0 Å². The van der Waals surface area contributed by atoms with E-state index in [1.807, 2.05) is 21.1 Å². The molecule has 350 valence electrons.